The Balaban J connectivity index is 1.50. The van der Waals surface area contributed by atoms with Gasteiger partial charge in [0.25, 0.3) is 5.22 Å². The van der Waals surface area contributed by atoms with E-state index >= 15 is 0 Å². The molecule has 2 aromatic rings. The number of aromatic nitrogens is 3. The predicted molar refractivity (Wildman–Crippen MR) is 97.9 cm³/mol. The van der Waals surface area contributed by atoms with E-state index in [-0.39, 0.29) is 24.3 Å². The first-order valence-electron chi connectivity index (χ1n) is 8.62. The molecular formula is C17H21N5O4S. The molecule has 1 fully saturated rings. The Labute approximate surface area is 160 Å². The first kappa shape index (κ1) is 19.3. The van der Waals surface area contributed by atoms with Gasteiger partial charge in [0.15, 0.2) is 0 Å². The van der Waals surface area contributed by atoms with E-state index in [9.17, 15) is 9.59 Å². The number of amides is 2. The summed E-state index contributed by atoms with van der Waals surface area (Å²) in [5.74, 6) is 0.826. The Bertz CT molecular complexity index is 770. The van der Waals surface area contributed by atoms with Crippen LogP contribution in [0.15, 0.2) is 34.2 Å². The van der Waals surface area contributed by atoms with Crippen LogP contribution in [-0.2, 0) is 14.3 Å². The van der Waals surface area contributed by atoms with Crippen LogP contribution in [0.2, 0.25) is 0 Å². The van der Waals surface area contributed by atoms with Crippen molar-refractivity contribution in [2.45, 2.75) is 24.1 Å². The van der Waals surface area contributed by atoms with Crippen molar-refractivity contribution in [1.29, 1.82) is 0 Å². The highest BCUT2D eigenvalue weighted by Gasteiger charge is 2.28. The predicted octanol–water partition coefficient (Wildman–Crippen LogP) is 0.977. The summed E-state index contributed by atoms with van der Waals surface area (Å²) in [6.45, 7) is 1.37. The van der Waals surface area contributed by atoms with E-state index in [1.807, 2.05) is 0 Å². The maximum Gasteiger partial charge on any atom is 0.276 e. The van der Waals surface area contributed by atoms with E-state index in [0.29, 0.717) is 43.0 Å². The number of pyridine rings is 1. The molecule has 1 saturated heterocycles. The van der Waals surface area contributed by atoms with Gasteiger partial charge in [-0.3, -0.25) is 14.6 Å². The fourth-order valence-corrected chi connectivity index (χ4v) is 3.40. The standard InChI is InChI=1S/C17H21N5O4S/c1-18-14(23)10-13-11-25-8-7-22(13)15(24)4-9-27-17-21-20-16(26-17)12-2-5-19-6-3-12/h2-3,5-6,13H,4,7-11H2,1H3,(H,18,23). The molecule has 0 saturated carbocycles. The molecule has 144 valence electrons. The lowest BCUT2D eigenvalue weighted by molar-refractivity contribution is -0.141. The fraction of sp³-hybridized carbons (Fsp3) is 0.471. The molecule has 1 unspecified atom stereocenters. The van der Waals surface area contributed by atoms with Gasteiger partial charge in [0, 0.05) is 50.1 Å². The minimum Gasteiger partial charge on any atom is -0.411 e. The van der Waals surface area contributed by atoms with Crippen molar-refractivity contribution in [3.8, 4) is 11.5 Å². The average Bonchev–Trinajstić information content (AvgIpc) is 3.18. The summed E-state index contributed by atoms with van der Waals surface area (Å²) >= 11 is 1.33. The lowest BCUT2D eigenvalue weighted by Crippen LogP contribution is -2.50. The molecule has 0 radical (unpaired) electrons. The van der Waals surface area contributed by atoms with Gasteiger partial charge >= 0.3 is 0 Å². The van der Waals surface area contributed by atoms with Crippen molar-refractivity contribution in [1.82, 2.24) is 25.4 Å². The van der Waals surface area contributed by atoms with Gasteiger partial charge in [0.2, 0.25) is 17.7 Å². The normalized spacial score (nSPS) is 16.9. The molecule has 27 heavy (non-hydrogen) atoms. The van der Waals surface area contributed by atoms with Gasteiger partial charge in [-0.15, -0.1) is 10.2 Å². The number of carbonyl (C=O) groups excluding carboxylic acids is 2. The third-order valence-corrected chi connectivity index (χ3v) is 4.94. The topological polar surface area (TPSA) is 110 Å². The van der Waals surface area contributed by atoms with Crippen LogP contribution in [0.4, 0.5) is 0 Å². The van der Waals surface area contributed by atoms with Crippen molar-refractivity contribution in [3.63, 3.8) is 0 Å². The lowest BCUT2D eigenvalue weighted by Gasteiger charge is -2.35. The SMILES string of the molecule is CNC(=O)CC1COCCN1C(=O)CCSc1nnc(-c2ccncc2)o1. The number of morpholine rings is 1. The molecule has 9 nitrogen and oxygen atoms in total. The highest BCUT2D eigenvalue weighted by atomic mass is 32.2. The second-order valence-electron chi connectivity index (χ2n) is 5.90. The highest BCUT2D eigenvalue weighted by molar-refractivity contribution is 7.99. The van der Waals surface area contributed by atoms with Gasteiger partial charge < -0.3 is 19.4 Å². The van der Waals surface area contributed by atoms with E-state index in [4.69, 9.17) is 9.15 Å². The van der Waals surface area contributed by atoms with E-state index < -0.39 is 0 Å². The van der Waals surface area contributed by atoms with Gasteiger partial charge in [-0.05, 0) is 12.1 Å². The second kappa shape index (κ2) is 9.47. The number of thioether (sulfide) groups is 1. The van der Waals surface area contributed by atoms with Gasteiger partial charge in [-0.1, -0.05) is 11.8 Å². The number of ether oxygens (including phenoxy) is 1. The summed E-state index contributed by atoms with van der Waals surface area (Å²) < 4.78 is 11.0. The molecule has 0 spiro atoms. The first-order chi connectivity index (χ1) is 13.2. The Hall–Kier alpha value is -2.46. The average molecular weight is 391 g/mol. The zero-order valence-corrected chi connectivity index (χ0v) is 15.8. The summed E-state index contributed by atoms with van der Waals surface area (Å²) in [6.07, 6.45) is 3.88. The van der Waals surface area contributed by atoms with Crippen LogP contribution in [0, 0.1) is 0 Å². The molecule has 0 aliphatic carbocycles. The van der Waals surface area contributed by atoms with Gasteiger partial charge in [-0.2, -0.15) is 0 Å². The Morgan fingerprint density at radius 3 is 2.93 bits per heavy atom. The molecule has 1 atom stereocenters. The number of hydrogen-bond acceptors (Lipinski definition) is 8. The van der Waals surface area contributed by atoms with Crippen molar-refractivity contribution in [2.75, 3.05) is 32.6 Å². The van der Waals surface area contributed by atoms with E-state index in [1.165, 1.54) is 11.8 Å². The summed E-state index contributed by atoms with van der Waals surface area (Å²) in [5, 5.41) is 11.0. The van der Waals surface area contributed by atoms with Crippen LogP contribution in [0.3, 0.4) is 0 Å². The van der Waals surface area contributed by atoms with Gasteiger partial charge in [-0.25, -0.2) is 0 Å². The molecule has 0 bridgehead atoms. The van der Waals surface area contributed by atoms with E-state index in [0.717, 1.165) is 5.56 Å². The molecule has 3 heterocycles. The van der Waals surface area contributed by atoms with Crippen LogP contribution in [-0.4, -0.2) is 70.5 Å². The smallest absolute Gasteiger partial charge is 0.276 e. The number of nitrogens with zero attached hydrogens (tertiary/aromatic N) is 4. The van der Waals surface area contributed by atoms with Crippen LogP contribution < -0.4 is 5.32 Å². The fourth-order valence-electron chi connectivity index (χ4n) is 2.72. The number of rotatable bonds is 7. The molecule has 1 N–H and O–H groups in total. The molecule has 0 aromatic carbocycles. The Kier molecular flexibility index (Phi) is 6.77. The lowest BCUT2D eigenvalue weighted by atomic mass is 10.1. The highest BCUT2D eigenvalue weighted by Crippen LogP contribution is 2.23. The van der Waals surface area contributed by atoms with E-state index in [1.54, 1.807) is 36.5 Å². The molecule has 1 aliphatic heterocycles. The molecule has 3 rings (SSSR count). The summed E-state index contributed by atoms with van der Waals surface area (Å²) in [7, 11) is 1.58. The molecule has 1 aliphatic rings. The molecule has 2 aromatic heterocycles. The molecule has 10 heteroatoms. The van der Waals surface area contributed by atoms with Crippen molar-refractivity contribution < 1.29 is 18.7 Å². The minimum absolute atomic E-state index is 0.00595. The summed E-state index contributed by atoms with van der Waals surface area (Å²) in [5.41, 5.74) is 0.797. The molecular weight excluding hydrogens is 370 g/mol. The first-order valence-corrected chi connectivity index (χ1v) is 9.60. The van der Waals surface area contributed by atoms with E-state index in [2.05, 4.69) is 20.5 Å². The Morgan fingerprint density at radius 1 is 1.33 bits per heavy atom. The quantitative estimate of drug-likeness (QED) is 0.696. The van der Waals surface area contributed by atoms with Gasteiger partial charge in [0.1, 0.15) is 0 Å². The van der Waals surface area contributed by atoms with Gasteiger partial charge in [0.05, 0.1) is 19.3 Å². The maximum absolute atomic E-state index is 12.5. The molecule has 2 amide bonds. The minimum atomic E-state index is -0.224. The maximum atomic E-state index is 12.5. The van der Waals surface area contributed by atoms with Crippen LogP contribution in [0.25, 0.3) is 11.5 Å². The van der Waals surface area contributed by atoms with Crippen LogP contribution in [0.1, 0.15) is 12.8 Å². The zero-order valence-electron chi connectivity index (χ0n) is 15.0. The third-order valence-electron chi connectivity index (χ3n) is 4.12. The summed E-state index contributed by atoms with van der Waals surface area (Å²) in [4.78, 5) is 29.9. The van der Waals surface area contributed by atoms with Crippen molar-refractivity contribution >= 4 is 23.6 Å². The second-order valence-corrected chi connectivity index (χ2v) is 6.95. The largest absolute Gasteiger partial charge is 0.411 e. The zero-order chi connectivity index (χ0) is 19.1. The summed E-state index contributed by atoms with van der Waals surface area (Å²) in [6, 6.07) is 3.35. The van der Waals surface area contributed by atoms with Crippen LogP contribution in [0.5, 0.6) is 0 Å². The third kappa shape index (κ3) is 5.27. The number of hydrogen-bond donors (Lipinski definition) is 1. The van der Waals surface area contributed by atoms with Crippen molar-refractivity contribution in [2.24, 2.45) is 0 Å². The number of nitrogens with one attached hydrogen (secondary N) is 1. The number of carbonyl (C=O) groups is 2. The van der Waals surface area contributed by atoms with Crippen LogP contribution >= 0.6 is 11.8 Å². The monoisotopic (exact) mass is 391 g/mol. The van der Waals surface area contributed by atoms with Crippen molar-refractivity contribution in [3.05, 3.63) is 24.5 Å². The Morgan fingerprint density at radius 2 is 2.15 bits per heavy atom.